The Morgan fingerprint density at radius 1 is 0.451 bits per heavy atom. The van der Waals surface area contributed by atoms with Crippen molar-refractivity contribution < 1.29 is 0 Å². The van der Waals surface area contributed by atoms with E-state index < -0.39 is 0 Å². The molecule has 0 saturated heterocycles. The van der Waals surface area contributed by atoms with Gasteiger partial charge in [0.05, 0.1) is 0 Å². The van der Waals surface area contributed by atoms with Gasteiger partial charge >= 0.3 is 0 Å². The van der Waals surface area contributed by atoms with E-state index in [1.165, 1.54) is 27.8 Å². The summed E-state index contributed by atoms with van der Waals surface area (Å²) in [5.74, 6) is 0. The standard InChI is InChI=1S/C43H38N2.C6H6/c1-5-12-41(8-4)45(42(13-6-2)14-7-3)43-31-27-38(28-32-43)36-23-19-34(20-24-36)33-17-21-35(22-18-33)37-25-29-40(30-26-37)44-39-15-10-9-11-16-39;1-2-4-6-5-3-1/h5-32,44H,1-2,4H2,3H3;1-6H/b14-7-,41-12+,42-13+;. The number of nitrogens with zero attached hydrogens (tertiary/aromatic N) is 1. The lowest BCUT2D eigenvalue weighted by Gasteiger charge is -2.27. The Bertz CT molecular complexity index is 2040. The van der Waals surface area contributed by atoms with E-state index in [2.05, 4.69) is 145 Å². The molecule has 0 bridgehead atoms. The fourth-order valence-corrected chi connectivity index (χ4v) is 5.63. The summed E-state index contributed by atoms with van der Waals surface area (Å²) < 4.78 is 0. The molecule has 6 aromatic rings. The molecule has 6 aromatic carbocycles. The third-order valence-electron chi connectivity index (χ3n) is 8.15. The number of nitrogens with one attached hydrogen (secondary N) is 1. The first kappa shape index (κ1) is 35.7. The predicted octanol–water partition coefficient (Wildman–Crippen LogP) is 13.8. The van der Waals surface area contributed by atoms with Crippen LogP contribution in [0, 0.1) is 0 Å². The van der Waals surface area contributed by atoms with Crippen LogP contribution in [0.3, 0.4) is 0 Å². The molecule has 0 aliphatic carbocycles. The van der Waals surface area contributed by atoms with E-state index in [9.17, 15) is 0 Å². The maximum absolute atomic E-state index is 4.03. The van der Waals surface area contributed by atoms with E-state index in [1.54, 1.807) is 12.2 Å². The number of anilines is 3. The van der Waals surface area contributed by atoms with Crippen LogP contribution in [-0.2, 0) is 0 Å². The van der Waals surface area contributed by atoms with Gasteiger partial charge in [-0.3, -0.25) is 0 Å². The van der Waals surface area contributed by atoms with Crippen LogP contribution in [0.5, 0.6) is 0 Å². The van der Waals surface area contributed by atoms with Crippen LogP contribution in [-0.4, -0.2) is 0 Å². The molecular formula is C49H44N2. The van der Waals surface area contributed by atoms with Gasteiger partial charge in [-0.2, -0.15) is 0 Å². The van der Waals surface area contributed by atoms with Gasteiger partial charge in [0, 0.05) is 28.5 Å². The summed E-state index contributed by atoms with van der Waals surface area (Å²) in [5, 5.41) is 3.44. The molecular weight excluding hydrogens is 617 g/mol. The van der Waals surface area contributed by atoms with Gasteiger partial charge < -0.3 is 10.2 Å². The molecule has 0 aromatic heterocycles. The Kier molecular flexibility index (Phi) is 13.1. The number of para-hydroxylation sites is 1. The van der Waals surface area contributed by atoms with Crippen molar-refractivity contribution in [1.29, 1.82) is 0 Å². The fraction of sp³-hybridized carbons (Fsp3) is 0.0204. The smallest absolute Gasteiger partial charge is 0.0462 e. The number of benzene rings is 6. The molecule has 0 atom stereocenters. The van der Waals surface area contributed by atoms with Crippen molar-refractivity contribution >= 4 is 17.1 Å². The third kappa shape index (κ3) is 9.95. The predicted molar refractivity (Wildman–Crippen MR) is 223 cm³/mol. The molecule has 0 aliphatic rings. The second-order valence-electron chi connectivity index (χ2n) is 11.6. The van der Waals surface area contributed by atoms with Crippen molar-refractivity contribution in [2.75, 3.05) is 10.2 Å². The van der Waals surface area contributed by atoms with Crippen LogP contribution in [0.25, 0.3) is 33.4 Å². The number of rotatable bonds is 12. The van der Waals surface area contributed by atoms with Crippen molar-refractivity contribution in [3.05, 3.63) is 237 Å². The highest BCUT2D eigenvalue weighted by molar-refractivity contribution is 5.75. The molecule has 0 saturated carbocycles. The quantitative estimate of drug-likeness (QED) is 0.131. The largest absolute Gasteiger partial charge is 0.356 e. The zero-order chi connectivity index (χ0) is 35.7. The first-order valence-corrected chi connectivity index (χ1v) is 17.1. The molecule has 0 fully saturated rings. The second-order valence-corrected chi connectivity index (χ2v) is 11.6. The lowest BCUT2D eigenvalue weighted by Crippen LogP contribution is -2.19. The van der Waals surface area contributed by atoms with Crippen LogP contribution in [0.15, 0.2) is 237 Å². The monoisotopic (exact) mass is 660 g/mol. The van der Waals surface area contributed by atoms with Crippen molar-refractivity contribution in [3.63, 3.8) is 0 Å². The van der Waals surface area contributed by atoms with Gasteiger partial charge in [-0.15, -0.1) is 0 Å². The maximum atomic E-state index is 4.03. The summed E-state index contributed by atoms with van der Waals surface area (Å²) >= 11 is 0. The van der Waals surface area contributed by atoms with Crippen LogP contribution >= 0.6 is 0 Å². The summed E-state index contributed by atoms with van der Waals surface area (Å²) in [5.41, 5.74) is 12.2. The molecule has 0 spiro atoms. The lowest BCUT2D eigenvalue weighted by molar-refractivity contribution is 1.14. The Morgan fingerprint density at radius 2 is 0.804 bits per heavy atom. The number of hydrogen-bond acceptors (Lipinski definition) is 2. The summed E-state index contributed by atoms with van der Waals surface area (Å²) in [6.07, 6.45) is 13.4. The molecule has 2 heteroatoms. The molecule has 1 N–H and O–H groups in total. The van der Waals surface area contributed by atoms with Gasteiger partial charge in [-0.1, -0.05) is 165 Å². The zero-order valence-electron chi connectivity index (χ0n) is 29.2. The summed E-state index contributed by atoms with van der Waals surface area (Å²) in [6, 6.07) is 56.9. The van der Waals surface area contributed by atoms with E-state index in [1.807, 2.05) is 85.8 Å². The summed E-state index contributed by atoms with van der Waals surface area (Å²) in [4.78, 5) is 2.14. The third-order valence-corrected chi connectivity index (χ3v) is 8.15. The lowest BCUT2D eigenvalue weighted by atomic mass is 9.98. The first-order valence-electron chi connectivity index (χ1n) is 17.1. The zero-order valence-corrected chi connectivity index (χ0v) is 29.2. The molecule has 0 unspecified atom stereocenters. The minimum Gasteiger partial charge on any atom is -0.356 e. The molecule has 51 heavy (non-hydrogen) atoms. The maximum Gasteiger partial charge on any atom is 0.0462 e. The highest BCUT2D eigenvalue weighted by atomic mass is 15.1. The average Bonchev–Trinajstić information content (AvgIpc) is 3.20. The summed E-state index contributed by atoms with van der Waals surface area (Å²) in [7, 11) is 0. The van der Waals surface area contributed by atoms with Gasteiger partial charge in [0.1, 0.15) is 0 Å². The van der Waals surface area contributed by atoms with Crippen molar-refractivity contribution in [2.45, 2.75) is 6.92 Å². The van der Waals surface area contributed by atoms with E-state index in [4.69, 9.17) is 0 Å². The van der Waals surface area contributed by atoms with Gasteiger partial charge in [-0.05, 0) is 101 Å². The van der Waals surface area contributed by atoms with Crippen LogP contribution in [0.2, 0.25) is 0 Å². The van der Waals surface area contributed by atoms with Crippen LogP contribution < -0.4 is 10.2 Å². The van der Waals surface area contributed by atoms with E-state index in [0.29, 0.717) is 0 Å². The van der Waals surface area contributed by atoms with Crippen LogP contribution in [0.4, 0.5) is 17.1 Å². The Morgan fingerprint density at radius 3 is 1.20 bits per heavy atom. The minimum absolute atomic E-state index is 0.927. The Hall–Kier alpha value is -6.64. The van der Waals surface area contributed by atoms with Crippen molar-refractivity contribution in [1.82, 2.24) is 0 Å². The Balaban J connectivity index is 0.000000761. The fourth-order valence-electron chi connectivity index (χ4n) is 5.63. The van der Waals surface area contributed by atoms with Crippen LogP contribution in [0.1, 0.15) is 6.92 Å². The molecule has 2 nitrogen and oxygen atoms in total. The normalized spacial score (nSPS) is 11.2. The second kappa shape index (κ2) is 18.8. The molecule has 250 valence electrons. The SMILES string of the molecule is C=C/C=C(\C=C)N(C(/C=C\C)=C/C=C)c1ccc(-c2ccc(-c3ccc(-c4ccc(Nc5ccccc5)cc4)cc3)cc2)cc1.c1ccccc1. The molecule has 0 amide bonds. The topological polar surface area (TPSA) is 15.3 Å². The van der Waals surface area contributed by atoms with E-state index in [0.717, 1.165) is 34.0 Å². The van der Waals surface area contributed by atoms with Gasteiger partial charge in [0.15, 0.2) is 0 Å². The minimum atomic E-state index is 0.927. The number of allylic oxidation sites excluding steroid dienone is 7. The highest BCUT2D eigenvalue weighted by Crippen LogP contribution is 2.31. The van der Waals surface area contributed by atoms with E-state index in [-0.39, 0.29) is 0 Å². The molecule has 0 radical (unpaired) electrons. The van der Waals surface area contributed by atoms with Crippen molar-refractivity contribution in [2.24, 2.45) is 0 Å². The molecule has 0 heterocycles. The van der Waals surface area contributed by atoms with Gasteiger partial charge in [0.2, 0.25) is 0 Å². The van der Waals surface area contributed by atoms with E-state index >= 15 is 0 Å². The Labute approximate surface area is 304 Å². The first-order chi connectivity index (χ1) is 25.1. The average molecular weight is 661 g/mol. The van der Waals surface area contributed by atoms with Gasteiger partial charge in [0.25, 0.3) is 0 Å². The van der Waals surface area contributed by atoms with Crippen molar-refractivity contribution in [3.8, 4) is 33.4 Å². The highest BCUT2D eigenvalue weighted by Gasteiger charge is 2.13. The number of hydrogen-bond donors (Lipinski definition) is 1. The summed E-state index contributed by atoms with van der Waals surface area (Å²) in [6.45, 7) is 13.8. The molecule has 6 rings (SSSR count). The van der Waals surface area contributed by atoms with Gasteiger partial charge in [-0.25, -0.2) is 0 Å². The molecule has 0 aliphatic heterocycles.